The maximum absolute atomic E-state index is 12.5. The first-order valence-corrected chi connectivity index (χ1v) is 7.92. The molecule has 1 amide bonds. The Labute approximate surface area is 133 Å². The smallest absolute Gasteiger partial charge is 0.337 e. The minimum absolute atomic E-state index is 0.199. The number of carbonyl (C=O) groups is 2. The summed E-state index contributed by atoms with van der Waals surface area (Å²) in [5.41, 5.74) is 2.49. The number of anilines is 1. The summed E-state index contributed by atoms with van der Waals surface area (Å²) >= 11 is 1.52. The van der Waals surface area contributed by atoms with Crippen LogP contribution in [0.3, 0.4) is 0 Å². The first-order chi connectivity index (χ1) is 10.6. The van der Waals surface area contributed by atoms with Crippen LogP contribution in [0, 0.1) is 6.92 Å². The minimum Gasteiger partial charge on any atom is -0.465 e. The van der Waals surface area contributed by atoms with Crippen molar-refractivity contribution in [3.63, 3.8) is 0 Å². The van der Waals surface area contributed by atoms with Gasteiger partial charge in [0.25, 0.3) is 5.91 Å². The van der Waals surface area contributed by atoms with Crippen LogP contribution in [0.2, 0.25) is 0 Å². The molecular formula is C17H17NO3S. The summed E-state index contributed by atoms with van der Waals surface area (Å²) in [6, 6.07) is 12.5. The van der Waals surface area contributed by atoms with E-state index in [9.17, 15) is 9.59 Å². The van der Waals surface area contributed by atoms with Crippen LogP contribution in [0.1, 0.15) is 26.3 Å². The number of amides is 1. The molecule has 0 saturated carbocycles. The summed E-state index contributed by atoms with van der Waals surface area (Å²) in [7, 11) is 1.33. The van der Waals surface area contributed by atoms with Gasteiger partial charge in [-0.2, -0.15) is 0 Å². The van der Waals surface area contributed by atoms with Crippen LogP contribution in [0.15, 0.2) is 47.4 Å². The van der Waals surface area contributed by atoms with Crippen molar-refractivity contribution in [3.8, 4) is 0 Å². The van der Waals surface area contributed by atoms with Gasteiger partial charge >= 0.3 is 5.97 Å². The molecule has 114 valence electrons. The number of nitrogens with one attached hydrogen (secondary N) is 1. The lowest BCUT2D eigenvalue weighted by atomic mass is 10.1. The molecule has 0 aliphatic heterocycles. The third-order valence-electron chi connectivity index (χ3n) is 3.26. The molecule has 0 bridgehead atoms. The van der Waals surface area contributed by atoms with E-state index in [1.807, 2.05) is 31.4 Å². The maximum Gasteiger partial charge on any atom is 0.337 e. The average Bonchev–Trinajstić information content (AvgIpc) is 2.55. The van der Waals surface area contributed by atoms with Gasteiger partial charge in [0.2, 0.25) is 0 Å². The van der Waals surface area contributed by atoms with Crippen molar-refractivity contribution in [2.45, 2.75) is 11.8 Å². The lowest BCUT2D eigenvalue weighted by Gasteiger charge is -2.11. The second kappa shape index (κ2) is 7.13. The molecule has 0 fully saturated rings. The van der Waals surface area contributed by atoms with Crippen LogP contribution in [-0.4, -0.2) is 25.2 Å². The van der Waals surface area contributed by atoms with Crippen molar-refractivity contribution in [1.29, 1.82) is 0 Å². The van der Waals surface area contributed by atoms with Crippen molar-refractivity contribution in [1.82, 2.24) is 0 Å². The Morgan fingerprint density at radius 3 is 2.55 bits per heavy atom. The van der Waals surface area contributed by atoms with Gasteiger partial charge in [-0.3, -0.25) is 4.79 Å². The van der Waals surface area contributed by atoms with Crippen LogP contribution in [0.25, 0.3) is 0 Å². The number of hydrogen-bond acceptors (Lipinski definition) is 4. The van der Waals surface area contributed by atoms with Crippen molar-refractivity contribution >= 4 is 29.3 Å². The normalized spacial score (nSPS) is 10.1. The molecule has 0 aliphatic rings. The highest BCUT2D eigenvalue weighted by molar-refractivity contribution is 7.98. The second-order valence-electron chi connectivity index (χ2n) is 4.68. The number of aryl methyl sites for hydroxylation is 1. The van der Waals surface area contributed by atoms with Crippen LogP contribution < -0.4 is 5.32 Å². The summed E-state index contributed by atoms with van der Waals surface area (Å²) in [4.78, 5) is 25.0. The van der Waals surface area contributed by atoms with E-state index in [1.165, 1.54) is 18.9 Å². The van der Waals surface area contributed by atoms with Gasteiger partial charge in [0.1, 0.15) is 0 Å². The van der Waals surface area contributed by atoms with Crippen molar-refractivity contribution in [2.75, 3.05) is 18.7 Å². The Kier molecular flexibility index (Phi) is 5.22. The zero-order chi connectivity index (χ0) is 16.1. The molecule has 0 atom stereocenters. The Balaban J connectivity index is 2.30. The van der Waals surface area contributed by atoms with Gasteiger partial charge in [0.05, 0.1) is 18.2 Å². The van der Waals surface area contributed by atoms with Crippen molar-refractivity contribution < 1.29 is 14.3 Å². The molecule has 5 heteroatoms. The lowest BCUT2D eigenvalue weighted by molar-refractivity contribution is 0.0600. The number of benzene rings is 2. The Morgan fingerprint density at radius 1 is 1.14 bits per heavy atom. The molecule has 0 unspecified atom stereocenters. The first-order valence-electron chi connectivity index (χ1n) is 6.70. The van der Waals surface area contributed by atoms with Crippen LogP contribution in [0.5, 0.6) is 0 Å². The molecule has 4 nitrogen and oxygen atoms in total. The predicted octanol–water partition coefficient (Wildman–Crippen LogP) is 3.76. The van der Waals surface area contributed by atoms with Gasteiger partial charge in [0, 0.05) is 10.6 Å². The van der Waals surface area contributed by atoms with E-state index in [0.717, 1.165) is 10.5 Å². The number of methoxy groups -OCH3 is 1. The van der Waals surface area contributed by atoms with Gasteiger partial charge in [-0.15, -0.1) is 11.8 Å². The fourth-order valence-electron chi connectivity index (χ4n) is 2.02. The number of thioether (sulfide) groups is 1. The monoisotopic (exact) mass is 315 g/mol. The Morgan fingerprint density at radius 2 is 1.86 bits per heavy atom. The zero-order valence-corrected chi connectivity index (χ0v) is 13.5. The Hall–Kier alpha value is -2.27. The van der Waals surface area contributed by atoms with Gasteiger partial charge in [-0.25, -0.2) is 4.79 Å². The number of carbonyl (C=O) groups excluding carboxylic acids is 2. The lowest BCUT2D eigenvalue weighted by Crippen LogP contribution is -2.14. The van der Waals surface area contributed by atoms with Gasteiger partial charge in [-0.05, 0) is 43.0 Å². The highest BCUT2D eigenvalue weighted by Gasteiger charge is 2.13. The highest BCUT2D eigenvalue weighted by atomic mass is 32.2. The molecule has 0 aliphatic carbocycles. The summed E-state index contributed by atoms with van der Waals surface area (Å²) in [6.07, 6.45) is 1.93. The fourth-order valence-corrected chi connectivity index (χ4v) is 2.62. The molecule has 0 aromatic heterocycles. The molecule has 2 aromatic rings. The van der Waals surface area contributed by atoms with E-state index >= 15 is 0 Å². The molecule has 0 heterocycles. The molecule has 2 aromatic carbocycles. The molecule has 0 spiro atoms. The molecule has 0 saturated heterocycles. The van der Waals surface area contributed by atoms with Gasteiger partial charge in [-0.1, -0.05) is 18.2 Å². The molecule has 22 heavy (non-hydrogen) atoms. The fraction of sp³-hybridized carbons (Fsp3) is 0.176. The van der Waals surface area contributed by atoms with E-state index in [-0.39, 0.29) is 5.91 Å². The number of esters is 1. The predicted molar refractivity (Wildman–Crippen MR) is 88.7 cm³/mol. The van der Waals surface area contributed by atoms with E-state index in [0.29, 0.717) is 16.8 Å². The molecule has 0 radical (unpaired) electrons. The van der Waals surface area contributed by atoms with E-state index in [2.05, 4.69) is 5.32 Å². The standard InChI is InChI=1S/C17H17NO3S/c1-11-8-9-12(17(20)21-2)10-14(11)18-16(19)13-6-4-5-7-15(13)22-3/h4-10H,1-3H3,(H,18,19). The minimum atomic E-state index is -0.431. The molecular weight excluding hydrogens is 298 g/mol. The van der Waals surface area contributed by atoms with Crippen LogP contribution in [-0.2, 0) is 4.74 Å². The van der Waals surface area contributed by atoms with Crippen molar-refractivity contribution in [3.05, 3.63) is 59.2 Å². The number of rotatable bonds is 4. The quantitative estimate of drug-likeness (QED) is 0.689. The summed E-state index contributed by atoms with van der Waals surface area (Å²) in [6.45, 7) is 1.87. The highest BCUT2D eigenvalue weighted by Crippen LogP contribution is 2.23. The van der Waals surface area contributed by atoms with Crippen molar-refractivity contribution in [2.24, 2.45) is 0 Å². The van der Waals surface area contributed by atoms with E-state index in [1.54, 1.807) is 24.3 Å². The molecule has 1 N–H and O–H groups in total. The van der Waals surface area contributed by atoms with Gasteiger partial charge < -0.3 is 10.1 Å². The summed E-state index contributed by atoms with van der Waals surface area (Å²) in [5.74, 6) is -0.630. The maximum atomic E-state index is 12.5. The Bertz CT molecular complexity index is 713. The van der Waals surface area contributed by atoms with E-state index in [4.69, 9.17) is 4.74 Å². The number of hydrogen-bond donors (Lipinski definition) is 1. The topological polar surface area (TPSA) is 55.4 Å². The average molecular weight is 315 g/mol. The third kappa shape index (κ3) is 3.49. The first kappa shape index (κ1) is 16.1. The second-order valence-corrected chi connectivity index (χ2v) is 5.52. The van der Waals surface area contributed by atoms with Crippen LogP contribution >= 0.6 is 11.8 Å². The number of ether oxygens (including phenoxy) is 1. The molecule has 2 rings (SSSR count). The summed E-state index contributed by atoms with van der Waals surface area (Å²) < 4.78 is 4.70. The van der Waals surface area contributed by atoms with E-state index < -0.39 is 5.97 Å². The largest absolute Gasteiger partial charge is 0.465 e. The summed E-state index contributed by atoms with van der Waals surface area (Å²) in [5, 5.41) is 2.86. The zero-order valence-electron chi connectivity index (χ0n) is 12.7. The van der Waals surface area contributed by atoms with Gasteiger partial charge in [0.15, 0.2) is 0 Å². The van der Waals surface area contributed by atoms with Crippen LogP contribution in [0.4, 0.5) is 5.69 Å². The SMILES string of the molecule is COC(=O)c1ccc(C)c(NC(=O)c2ccccc2SC)c1. The third-order valence-corrected chi connectivity index (χ3v) is 4.05.